The van der Waals surface area contributed by atoms with Gasteiger partial charge in [0.25, 0.3) is 0 Å². The summed E-state index contributed by atoms with van der Waals surface area (Å²) in [6.45, 7) is 0.0740. The van der Waals surface area contributed by atoms with Crippen molar-refractivity contribution in [3.05, 3.63) is 60.2 Å². The smallest absolute Gasteiger partial charge is 0.407 e. The van der Waals surface area contributed by atoms with Gasteiger partial charge in [-0.3, -0.25) is 4.79 Å². The highest BCUT2D eigenvalue weighted by Gasteiger charge is 2.18. The second-order valence-electron chi connectivity index (χ2n) is 5.22. The van der Waals surface area contributed by atoms with E-state index in [0.29, 0.717) is 0 Å². The Bertz CT molecular complexity index is 872. The van der Waals surface area contributed by atoms with E-state index in [4.69, 9.17) is 4.74 Å². The maximum absolute atomic E-state index is 13.2. The third-order valence-corrected chi connectivity index (χ3v) is 4.14. The van der Waals surface area contributed by atoms with Gasteiger partial charge in [-0.25, -0.2) is 4.79 Å². The van der Waals surface area contributed by atoms with E-state index < -0.39 is 27.1 Å². The molecule has 0 saturated heterocycles. The first-order chi connectivity index (χ1) is 12.4. The maximum atomic E-state index is 13.2. The van der Waals surface area contributed by atoms with Crippen LogP contribution in [0, 0.1) is 0 Å². The fraction of sp³-hybridized carbons (Fsp3) is 0.176. The maximum Gasteiger partial charge on any atom is 0.407 e. The van der Waals surface area contributed by atoms with Gasteiger partial charge < -0.3 is 15.4 Å². The van der Waals surface area contributed by atoms with Crippen LogP contribution in [0.5, 0.6) is 0 Å². The molecule has 0 unspecified atom stereocenters. The van der Waals surface area contributed by atoms with Crippen molar-refractivity contribution in [2.24, 2.45) is 0 Å². The monoisotopic (exact) mass is 380 g/mol. The van der Waals surface area contributed by atoms with Crippen molar-refractivity contribution in [2.75, 3.05) is 11.9 Å². The second-order valence-corrected chi connectivity index (χ2v) is 6.54. The molecule has 2 N–H and O–H groups in total. The number of halogens is 1. The van der Waals surface area contributed by atoms with Gasteiger partial charge in [0.2, 0.25) is 5.91 Å². The Morgan fingerprint density at radius 1 is 1.00 bits per heavy atom. The number of alkyl carbamates (subject to hydrolysis) is 1. The molecule has 0 aliphatic heterocycles. The van der Waals surface area contributed by atoms with Gasteiger partial charge in [0.1, 0.15) is 11.5 Å². The Hall–Kier alpha value is -2.94. The Labute approximate surface area is 150 Å². The van der Waals surface area contributed by atoms with Crippen molar-refractivity contribution in [3.63, 3.8) is 0 Å². The summed E-state index contributed by atoms with van der Waals surface area (Å²) in [4.78, 5) is 22.8. The first kappa shape index (κ1) is 19.4. The zero-order chi connectivity index (χ0) is 19.0. The molecule has 2 amide bonds. The van der Waals surface area contributed by atoms with Crippen LogP contribution >= 0.6 is 0 Å². The lowest BCUT2D eigenvalue weighted by Crippen LogP contribution is -2.28. The third-order valence-electron chi connectivity index (χ3n) is 3.26. The van der Waals surface area contributed by atoms with Crippen LogP contribution in [0.4, 0.5) is 14.4 Å². The number of carbonyl (C=O) groups is 2. The van der Waals surface area contributed by atoms with Gasteiger partial charge in [-0.2, -0.15) is 8.42 Å². The predicted octanol–water partition coefficient (Wildman–Crippen LogP) is 2.60. The van der Waals surface area contributed by atoms with E-state index in [2.05, 4.69) is 10.6 Å². The molecule has 2 aromatic carbocycles. The van der Waals surface area contributed by atoms with E-state index in [1.807, 2.05) is 18.2 Å². The molecule has 0 heterocycles. The van der Waals surface area contributed by atoms with Gasteiger partial charge in [0, 0.05) is 13.0 Å². The zero-order valence-electron chi connectivity index (χ0n) is 13.6. The number of nitrogens with one attached hydrogen (secondary N) is 2. The van der Waals surface area contributed by atoms with Crippen molar-refractivity contribution < 1.29 is 26.6 Å². The number of hydrogen-bond donors (Lipinski definition) is 2. The molecule has 0 aliphatic carbocycles. The summed E-state index contributed by atoms with van der Waals surface area (Å²) in [6, 6.07) is 14.2. The van der Waals surface area contributed by atoms with Crippen LogP contribution in [0.3, 0.4) is 0 Å². The molecule has 0 aromatic heterocycles. The molecule has 7 nitrogen and oxygen atoms in total. The summed E-state index contributed by atoms with van der Waals surface area (Å²) in [5.74, 6) is -0.579. The fourth-order valence-corrected chi connectivity index (χ4v) is 2.67. The molecule has 138 valence electrons. The average Bonchev–Trinajstić information content (AvgIpc) is 2.60. The lowest BCUT2D eigenvalue weighted by molar-refractivity contribution is -0.116. The van der Waals surface area contributed by atoms with Gasteiger partial charge in [-0.05, 0) is 17.7 Å². The van der Waals surface area contributed by atoms with Crippen LogP contribution in [0.15, 0.2) is 59.5 Å². The van der Waals surface area contributed by atoms with Gasteiger partial charge in [0.15, 0.2) is 0 Å². The molecule has 2 aromatic rings. The minimum absolute atomic E-state index is 0.0238. The van der Waals surface area contributed by atoms with Crippen molar-refractivity contribution in [1.82, 2.24) is 5.32 Å². The molecule has 2 rings (SSSR count). The highest BCUT2D eigenvalue weighted by atomic mass is 32.3. The summed E-state index contributed by atoms with van der Waals surface area (Å²) < 4.78 is 40.2. The largest absolute Gasteiger partial charge is 0.445 e. The molecular formula is C17H17FN2O5S. The van der Waals surface area contributed by atoms with Crippen molar-refractivity contribution in [2.45, 2.75) is 17.9 Å². The zero-order valence-corrected chi connectivity index (χ0v) is 14.5. The lowest BCUT2D eigenvalue weighted by Gasteiger charge is -2.09. The summed E-state index contributed by atoms with van der Waals surface area (Å²) >= 11 is 0. The van der Waals surface area contributed by atoms with Crippen molar-refractivity contribution in [1.29, 1.82) is 0 Å². The first-order valence-corrected chi connectivity index (χ1v) is 9.03. The molecule has 0 bridgehead atoms. The normalized spacial score (nSPS) is 10.8. The Kier molecular flexibility index (Phi) is 6.67. The number of anilines is 1. The number of rotatable bonds is 7. The number of benzene rings is 2. The molecule has 0 atom stereocenters. The van der Waals surface area contributed by atoms with E-state index in [1.165, 1.54) is 18.2 Å². The van der Waals surface area contributed by atoms with Crippen LogP contribution in [0.1, 0.15) is 12.0 Å². The van der Waals surface area contributed by atoms with Gasteiger partial charge in [0.05, 0.1) is 5.69 Å². The lowest BCUT2D eigenvalue weighted by atomic mass is 10.2. The van der Waals surface area contributed by atoms with Crippen LogP contribution in [-0.2, 0) is 26.4 Å². The average molecular weight is 380 g/mol. The number of para-hydroxylation sites is 1. The first-order valence-electron chi connectivity index (χ1n) is 7.64. The molecule has 0 fully saturated rings. The minimum Gasteiger partial charge on any atom is -0.445 e. The molecule has 26 heavy (non-hydrogen) atoms. The van der Waals surface area contributed by atoms with Crippen molar-refractivity contribution >= 4 is 27.9 Å². The minimum atomic E-state index is -4.95. The van der Waals surface area contributed by atoms with Gasteiger partial charge >= 0.3 is 16.3 Å². The Balaban J connectivity index is 1.77. The third kappa shape index (κ3) is 6.17. The molecule has 0 saturated carbocycles. The number of amides is 2. The molecule has 0 radical (unpaired) electrons. The predicted molar refractivity (Wildman–Crippen MR) is 92.6 cm³/mol. The number of hydrogen-bond acceptors (Lipinski definition) is 5. The summed E-state index contributed by atoms with van der Waals surface area (Å²) in [6.07, 6.45) is -0.824. The van der Waals surface area contributed by atoms with E-state index in [-0.39, 0.29) is 25.3 Å². The van der Waals surface area contributed by atoms with Crippen LogP contribution < -0.4 is 10.6 Å². The van der Waals surface area contributed by atoms with Crippen LogP contribution in [0.25, 0.3) is 0 Å². The summed E-state index contributed by atoms with van der Waals surface area (Å²) in [5.41, 5.74) is 0.663. The Morgan fingerprint density at radius 2 is 1.65 bits per heavy atom. The van der Waals surface area contributed by atoms with Crippen LogP contribution in [-0.4, -0.2) is 27.0 Å². The van der Waals surface area contributed by atoms with E-state index >= 15 is 0 Å². The molecule has 9 heteroatoms. The SMILES string of the molecule is O=C(CCNC(=O)OCc1ccccc1)Nc1ccccc1S(=O)(=O)F. The van der Waals surface area contributed by atoms with E-state index in [0.717, 1.165) is 11.6 Å². The summed E-state index contributed by atoms with van der Waals surface area (Å²) in [5, 5.41) is 4.70. The Morgan fingerprint density at radius 3 is 2.35 bits per heavy atom. The molecular weight excluding hydrogens is 363 g/mol. The standard InChI is InChI=1S/C17H17FN2O5S/c18-26(23,24)15-9-5-4-8-14(15)20-16(21)10-11-19-17(22)25-12-13-6-2-1-3-7-13/h1-9H,10-12H2,(H,19,22)(H,20,21). The van der Waals surface area contributed by atoms with Crippen LogP contribution in [0.2, 0.25) is 0 Å². The fourth-order valence-electron chi connectivity index (χ4n) is 2.05. The molecule has 0 spiro atoms. The highest BCUT2D eigenvalue weighted by Crippen LogP contribution is 2.22. The number of carbonyl (C=O) groups excluding carboxylic acids is 2. The highest BCUT2D eigenvalue weighted by molar-refractivity contribution is 7.86. The summed E-state index contributed by atoms with van der Waals surface area (Å²) in [7, 11) is -4.95. The molecule has 0 aliphatic rings. The number of ether oxygens (including phenoxy) is 1. The van der Waals surface area contributed by atoms with E-state index in [9.17, 15) is 21.9 Å². The quantitative estimate of drug-likeness (QED) is 0.719. The van der Waals surface area contributed by atoms with E-state index in [1.54, 1.807) is 12.1 Å². The van der Waals surface area contributed by atoms with Crippen molar-refractivity contribution in [3.8, 4) is 0 Å². The topological polar surface area (TPSA) is 102 Å². The van der Waals surface area contributed by atoms with Gasteiger partial charge in [-0.1, -0.05) is 42.5 Å². The second kappa shape index (κ2) is 8.95. The van der Waals surface area contributed by atoms with Gasteiger partial charge in [-0.15, -0.1) is 3.89 Å².